The van der Waals surface area contributed by atoms with Gasteiger partial charge in [-0.05, 0) is 11.6 Å². The van der Waals surface area contributed by atoms with E-state index >= 15 is 0 Å². The highest BCUT2D eigenvalue weighted by atomic mass is 32.2. The number of hydrogen-bond acceptors (Lipinski definition) is 4. The van der Waals surface area contributed by atoms with Crippen LogP contribution in [0.25, 0.3) is 0 Å². The minimum absolute atomic E-state index is 0.270. The number of rotatable bonds is 4. The Hall–Kier alpha value is -1.15. The number of ether oxygens (including phenoxy) is 1. The summed E-state index contributed by atoms with van der Waals surface area (Å²) in [6.07, 6.45) is 0. The first-order chi connectivity index (χ1) is 9.01. The Morgan fingerprint density at radius 1 is 1.32 bits per heavy atom. The molecule has 0 aromatic heterocycles. The van der Waals surface area contributed by atoms with Crippen LogP contribution in [-0.4, -0.2) is 50.4 Å². The molecule has 19 heavy (non-hydrogen) atoms. The van der Waals surface area contributed by atoms with Crippen LogP contribution in [0.5, 0.6) is 0 Å². The molecule has 0 amide bonds. The third kappa shape index (κ3) is 3.24. The Morgan fingerprint density at radius 2 is 1.95 bits per heavy atom. The zero-order chi connectivity index (χ0) is 13.9. The topological polar surface area (TPSA) is 75.9 Å². The summed E-state index contributed by atoms with van der Waals surface area (Å²) in [5.41, 5.74) is 7.25. The summed E-state index contributed by atoms with van der Waals surface area (Å²) < 4.78 is 32.6. The highest BCUT2D eigenvalue weighted by Gasteiger charge is 2.28. The molecule has 6 nitrogen and oxygen atoms in total. The molecule has 1 saturated heterocycles. The van der Waals surface area contributed by atoms with Gasteiger partial charge in [-0.1, -0.05) is 18.2 Å². The van der Waals surface area contributed by atoms with E-state index in [1.807, 2.05) is 18.2 Å². The monoisotopic (exact) mass is 285 g/mol. The van der Waals surface area contributed by atoms with Gasteiger partial charge >= 0.3 is 0 Å². The van der Waals surface area contributed by atoms with Gasteiger partial charge in [0.25, 0.3) is 10.2 Å². The molecule has 1 aromatic carbocycles. The van der Waals surface area contributed by atoms with Gasteiger partial charge in [0.2, 0.25) is 0 Å². The van der Waals surface area contributed by atoms with Crippen molar-refractivity contribution in [3.05, 3.63) is 29.8 Å². The molecule has 2 rings (SSSR count). The van der Waals surface area contributed by atoms with Crippen molar-refractivity contribution >= 4 is 15.9 Å². The summed E-state index contributed by atoms with van der Waals surface area (Å²) in [5.74, 6) is 0. The zero-order valence-electron chi connectivity index (χ0n) is 10.9. The molecule has 2 N–H and O–H groups in total. The second kappa shape index (κ2) is 5.87. The van der Waals surface area contributed by atoms with Crippen molar-refractivity contribution in [1.82, 2.24) is 8.61 Å². The molecular formula is C12H19N3O3S. The van der Waals surface area contributed by atoms with Gasteiger partial charge in [-0.25, -0.2) is 0 Å². The van der Waals surface area contributed by atoms with Crippen molar-refractivity contribution in [2.45, 2.75) is 6.54 Å². The molecule has 0 bridgehead atoms. The summed E-state index contributed by atoms with van der Waals surface area (Å²) >= 11 is 0. The Kier molecular flexibility index (Phi) is 4.41. The maximum Gasteiger partial charge on any atom is 0.282 e. The lowest BCUT2D eigenvalue weighted by Crippen LogP contribution is -2.47. The maximum atomic E-state index is 12.4. The summed E-state index contributed by atoms with van der Waals surface area (Å²) in [5, 5.41) is 0. The fourth-order valence-corrected chi connectivity index (χ4v) is 3.28. The molecule has 1 aromatic rings. The molecule has 0 atom stereocenters. The molecule has 0 spiro atoms. The smallest absolute Gasteiger partial charge is 0.282 e. The third-order valence-corrected chi connectivity index (χ3v) is 5.07. The second-order valence-electron chi connectivity index (χ2n) is 4.47. The molecule has 1 aliphatic heterocycles. The molecule has 0 saturated carbocycles. The Bertz CT molecular complexity index is 527. The van der Waals surface area contributed by atoms with E-state index in [4.69, 9.17) is 10.5 Å². The Balaban J connectivity index is 2.10. The van der Waals surface area contributed by atoms with E-state index < -0.39 is 10.2 Å². The molecule has 1 aliphatic rings. The summed E-state index contributed by atoms with van der Waals surface area (Å²) in [6.45, 7) is 1.96. The summed E-state index contributed by atoms with van der Waals surface area (Å²) in [4.78, 5) is 0. The van der Waals surface area contributed by atoms with Gasteiger partial charge in [-0.15, -0.1) is 0 Å². The van der Waals surface area contributed by atoms with Crippen molar-refractivity contribution < 1.29 is 13.2 Å². The number of nitrogens with two attached hydrogens (primary N) is 1. The zero-order valence-corrected chi connectivity index (χ0v) is 11.8. The summed E-state index contributed by atoms with van der Waals surface area (Å²) in [6, 6.07) is 7.28. The van der Waals surface area contributed by atoms with Crippen LogP contribution >= 0.6 is 0 Å². The normalized spacial score (nSPS) is 17.8. The van der Waals surface area contributed by atoms with Gasteiger partial charge in [0.15, 0.2) is 0 Å². The minimum atomic E-state index is -3.45. The van der Waals surface area contributed by atoms with Gasteiger partial charge in [0.1, 0.15) is 0 Å². The lowest BCUT2D eigenvalue weighted by atomic mass is 10.2. The van der Waals surface area contributed by atoms with Gasteiger partial charge < -0.3 is 10.5 Å². The fourth-order valence-electron chi connectivity index (χ4n) is 1.97. The van der Waals surface area contributed by atoms with Crippen molar-refractivity contribution in [2.24, 2.45) is 0 Å². The molecule has 106 valence electrons. The number of benzene rings is 1. The maximum absolute atomic E-state index is 12.4. The standard InChI is InChI=1S/C12H19N3O3S/c1-14(10-11-4-2-3-5-12(11)13)19(16,17)15-6-8-18-9-7-15/h2-5H,6-10,13H2,1H3. The van der Waals surface area contributed by atoms with Crippen LogP contribution in [0.2, 0.25) is 0 Å². The highest BCUT2D eigenvalue weighted by molar-refractivity contribution is 7.86. The lowest BCUT2D eigenvalue weighted by Gasteiger charge is -2.30. The quantitative estimate of drug-likeness (QED) is 0.806. The van der Waals surface area contributed by atoms with E-state index in [0.717, 1.165) is 5.56 Å². The van der Waals surface area contributed by atoms with Gasteiger partial charge in [0.05, 0.1) is 13.2 Å². The highest BCUT2D eigenvalue weighted by Crippen LogP contribution is 2.17. The van der Waals surface area contributed by atoms with Crippen LogP contribution < -0.4 is 5.73 Å². The average molecular weight is 285 g/mol. The molecule has 0 radical (unpaired) electrons. The van der Waals surface area contributed by atoms with Crippen molar-refractivity contribution in [1.29, 1.82) is 0 Å². The van der Waals surface area contributed by atoms with Crippen molar-refractivity contribution in [2.75, 3.05) is 39.1 Å². The first-order valence-electron chi connectivity index (χ1n) is 6.14. The van der Waals surface area contributed by atoms with Gasteiger partial charge in [-0.3, -0.25) is 0 Å². The van der Waals surface area contributed by atoms with Crippen LogP contribution in [0.15, 0.2) is 24.3 Å². The molecule has 0 unspecified atom stereocenters. The van der Waals surface area contributed by atoms with E-state index in [2.05, 4.69) is 0 Å². The minimum Gasteiger partial charge on any atom is -0.398 e. The largest absolute Gasteiger partial charge is 0.398 e. The van der Waals surface area contributed by atoms with Gasteiger partial charge in [-0.2, -0.15) is 17.0 Å². The van der Waals surface area contributed by atoms with E-state index in [1.165, 1.54) is 8.61 Å². The van der Waals surface area contributed by atoms with Crippen molar-refractivity contribution in [3.63, 3.8) is 0 Å². The third-order valence-electron chi connectivity index (χ3n) is 3.14. The first-order valence-corrected chi connectivity index (χ1v) is 7.54. The number of nitrogens with zero attached hydrogens (tertiary/aromatic N) is 2. The van der Waals surface area contributed by atoms with Crippen LogP contribution in [0, 0.1) is 0 Å². The van der Waals surface area contributed by atoms with Crippen LogP contribution in [0.1, 0.15) is 5.56 Å². The number of nitrogen functional groups attached to an aromatic ring is 1. The van der Waals surface area contributed by atoms with Crippen molar-refractivity contribution in [3.8, 4) is 0 Å². The first kappa shape index (κ1) is 14.3. The lowest BCUT2D eigenvalue weighted by molar-refractivity contribution is 0.0705. The predicted octanol–water partition coefficient (Wildman–Crippen LogP) is 0.278. The van der Waals surface area contributed by atoms with Crippen LogP contribution in [0.3, 0.4) is 0 Å². The predicted molar refractivity (Wildman–Crippen MR) is 73.6 cm³/mol. The molecule has 1 heterocycles. The number of anilines is 1. The molecule has 1 fully saturated rings. The summed E-state index contributed by atoms with van der Waals surface area (Å²) in [7, 11) is -1.88. The fraction of sp³-hybridized carbons (Fsp3) is 0.500. The van der Waals surface area contributed by atoms with Crippen LogP contribution in [0.4, 0.5) is 5.69 Å². The van der Waals surface area contributed by atoms with E-state index in [-0.39, 0.29) is 6.54 Å². The Morgan fingerprint density at radius 3 is 2.58 bits per heavy atom. The van der Waals surface area contributed by atoms with E-state index in [0.29, 0.717) is 32.0 Å². The van der Waals surface area contributed by atoms with Crippen LogP contribution in [-0.2, 0) is 21.5 Å². The average Bonchev–Trinajstić information content (AvgIpc) is 2.42. The molecular weight excluding hydrogens is 266 g/mol. The second-order valence-corrected chi connectivity index (χ2v) is 6.51. The van der Waals surface area contributed by atoms with Gasteiger partial charge in [0, 0.05) is 32.4 Å². The molecule has 7 heteroatoms. The molecule has 0 aliphatic carbocycles. The number of hydrogen-bond donors (Lipinski definition) is 1. The number of morpholine rings is 1. The van der Waals surface area contributed by atoms with E-state index in [1.54, 1.807) is 13.1 Å². The SMILES string of the molecule is CN(Cc1ccccc1N)S(=O)(=O)N1CCOCC1. The van der Waals surface area contributed by atoms with E-state index in [9.17, 15) is 8.42 Å². The number of para-hydroxylation sites is 1. The Labute approximate surface area is 113 Å².